The number of rotatable bonds is 12. The number of unbranched alkanes of at least 4 members (excludes halogenated alkanes) is 1. The molecule has 0 radical (unpaired) electrons. The van der Waals surface area contributed by atoms with Crippen LogP contribution in [-0.4, -0.2) is 50.1 Å². The number of hydrogen-bond acceptors (Lipinski definition) is 5. The lowest BCUT2D eigenvalue weighted by molar-refractivity contribution is -0.137. The van der Waals surface area contributed by atoms with Gasteiger partial charge in [0.15, 0.2) is 0 Å². The van der Waals surface area contributed by atoms with Crippen LogP contribution in [0.4, 0.5) is 5.69 Å². The fourth-order valence-corrected chi connectivity index (χ4v) is 3.79. The Bertz CT molecular complexity index is 938. The van der Waals surface area contributed by atoms with Gasteiger partial charge in [-0.15, -0.1) is 0 Å². The third-order valence-electron chi connectivity index (χ3n) is 5.49. The van der Waals surface area contributed by atoms with Gasteiger partial charge in [-0.25, -0.2) is 0 Å². The number of likely N-dealkylation sites (N-methyl/N-ethyl adjacent to an activating group) is 1. The van der Waals surface area contributed by atoms with E-state index in [1.165, 1.54) is 4.90 Å². The van der Waals surface area contributed by atoms with E-state index in [0.717, 1.165) is 18.5 Å². The van der Waals surface area contributed by atoms with Crippen molar-refractivity contribution in [3.05, 3.63) is 65.9 Å². The number of imide groups is 1. The second-order valence-electron chi connectivity index (χ2n) is 7.61. The number of nitrogens with zero attached hydrogens (tertiary/aromatic N) is 2. The summed E-state index contributed by atoms with van der Waals surface area (Å²) in [5.74, 6) is 0.169. The van der Waals surface area contributed by atoms with Crippen LogP contribution in [0.25, 0.3) is 5.57 Å². The molecule has 1 heterocycles. The van der Waals surface area contributed by atoms with Crippen molar-refractivity contribution in [2.75, 3.05) is 38.3 Å². The molecule has 0 spiro atoms. The Hall–Kier alpha value is -3.12. The van der Waals surface area contributed by atoms with Crippen molar-refractivity contribution in [3.8, 4) is 5.75 Å². The molecule has 2 aromatic carbocycles. The van der Waals surface area contributed by atoms with E-state index in [4.69, 9.17) is 9.47 Å². The summed E-state index contributed by atoms with van der Waals surface area (Å²) >= 11 is 0. The van der Waals surface area contributed by atoms with Crippen molar-refractivity contribution >= 4 is 23.1 Å². The van der Waals surface area contributed by atoms with Crippen LogP contribution in [0.1, 0.15) is 38.7 Å². The molecule has 2 aromatic rings. The van der Waals surface area contributed by atoms with Gasteiger partial charge in [-0.2, -0.15) is 0 Å². The molecule has 0 aliphatic carbocycles. The number of carbonyl (C=O) groups excluding carboxylic acids is 2. The van der Waals surface area contributed by atoms with E-state index >= 15 is 0 Å². The lowest BCUT2D eigenvalue weighted by atomic mass is 10.0. The number of benzene rings is 2. The highest BCUT2D eigenvalue weighted by molar-refractivity contribution is 6.36. The van der Waals surface area contributed by atoms with E-state index in [1.54, 1.807) is 19.2 Å². The molecule has 0 aromatic heterocycles. The highest BCUT2D eigenvalue weighted by Gasteiger charge is 2.41. The fourth-order valence-electron chi connectivity index (χ4n) is 3.79. The van der Waals surface area contributed by atoms with Crippen LogP contribution in [0.15, 0.2) is 60.3 Å². The van der Waals surface area contributed by atoms with Gasteiger partial charge in [0.1, 0.15) is 11.4 Å². The summed E-state index contributed by atoms with van der Waals surface area (Å²) in [5, 5.41) is 0. The summed E-state index contributed by atoms with van der Waals surface area (Å²) in [6, 6.07) is 17.0. The summed E-state index contributed by atoms with van der Waals surface area (Å²) < 4.78 is 10.9. The number of carbonyl (C=O) groups is 2. The molecule has 170 valence electrons. The maximum Gasteiger partial charge on any atom is 0.278 e. The Balaban J connectivity index is 1.92. The van der Waals surface area contributed by atoms with Gasteiger partial charge in [-0.3, -0.25) is 14.5 Å². The van der Waals surface area contributed by atoms with Crippen LogP contribution < -0.4 is 9.64 Å². The highest BCUT2D eigenvalue weighted by atomic mass is 16.5. The molecule has 0 N–H and O–H groups in total. The molecule has 6 nitrogen and oxygen atoms in total. The van der Waals surface area contributed by atoms with E-state index in [-0.39, 0.29) is 11.8 Å². The number of amides is 2. The largest absolute Gasteiger partial charge is 0.497 e. The normalized spacial score (nSPS) is 13.8. The number of anilines is 1. The molecule has 0 unspecified atom stereocenters. The first-order chi connectivity index (χ1) is 15.6. The molecule has 0 fully saturated rings. The molecule has 6 heteroatoms. The van der Waals surface area contributed by atoms with Gasteiger partial charge in [0.2, 0.25) is 0 Å². The van der Waals surface area contributed by atoms with Crippen molar-refractivity contribution in [1.29, 1.82) is 0 Å². The molecule has 0 saturated heterocycles. The fraction of sp³-hybridized carbons (Fsp3) is 0.385. The van der Waals surface area contributed by atoms with Crippen molar-refractivity contribution in [2.45, 2.75) is 33.1 Å². The Labute approximate surface area is 190 Å². The lowest BCUT2D eigenvalue weighted by Gasteiger charge is -2.25. The Kier molecular flexibility index (Phi) is 8.45. The van der Waals surface area contributed by atoms with Gasteiger partial charge in [-0.05, 0) is 49.6 Å². The lowest BCUT2D eigenvalue weighted by Crippen LogP contribution is -2.36. The van der Waals surface area contributed by atoms with Gasteiger partial charge in [-0.1, -0.05) is 43.7 Å². The monoisotopic (exact) mass is 436 g/mol. The SMILES string of the molecule is CCCCOCCCN1C(=O)C(c2ccc(OC)cc2)=C(N(CC)c2ccccc2)C1=O. The van der Waals surface area contributed by atoms with E-state index in [0.29, 0.717) is 55.3 Å². The molecule has 0 saturated carbocycles. The average Bonchev–Trinajstić information content (AvgIpc) is 3.07. The first-order valence-corrected chi connectivity index (χ1v) is 11.3. The number of methoxy groups -OCH3 is 1. The minimum atomic E-state index is -0.266. The predicted molar refractivity (Wildman–Crippen MR) is 126 cm³/mol. The quantitative estimate of drug-likeness (QED) is 0.362. The van der Waals surface area contributed by atoms with E-state index in [9.17, 15) is 9.59 Å². The minimum absolute atomic E-state index is 0.264. The van der Waals surface area contributed by atoms with E-state index in [1.807, 2.05) is 54.3 Å². The van der Waals surface area contributed by atoms with Crippen molar-refractivity contribution in [2.24, 2.45) is 0 Å². The molecule has 1 aliphatic rings. The second-order valence-corrected chi connectivity index (χ2v) is 7.61. The van der Waals surface area contributed by atoms with Crippen LogP contribution in [0.2, 0.25) is 0 Å². The third kappa shape index (κ3) is 5.19. The van der Waals surface area contributed by atoms with Crippen molar-refractivity contribution in [3.63, 3.8) is 0 Å². The maximum absolute atomic E-state index is 13.5. The summed E-state index contributed by atoms with van der Waals surface area (Å²) in [5.41, 5.74) is 2.42. The maximum atomic E-state index is 13.5. The highest BCUT2D eigenvalue weighted by Crippen LogP contribution is 2.34. The van der Waals surface area contributed by atoms with Crippen molar-refractivity contribution in [1.82, 2.24) is 4.90 Å². The van der Waals surface area contributed by atoms with Crippen LogP contribution >= 0.6 is 0 Å². The topological polar surface area (TPSA) is 59.1 Å². The summed E-state index contributed by atoms with van der Waals surface area (Å²) in [7, 11) is 1.60. The average molecular weight is 437 g/mol. The number of para-hydroxylation sites is 1. The first-order valence-electron chi connectivity index (χ1n) is 11.3. The van der Waals surface area contributed by atoms with E-state index in [2.05, 4.69) is 6.92 Å². The zero-order valence-corrected chi connectivity index (χ0v) is 19.2. The van der Waals surface area contributed by atoms with Gasteiger partial charge in [0, 0.05) is 32.0 Å². The van der Waals surface area contributed by atoms with Crippen LogP contribution in [0, 0.1) is 0 Å². The molecule has 0 bridgehead atoms. The predicted octanol–water partition coefficient (Wildman–Crippen LogP) is 4.51. The van der Waals surface area contributed by atoms with Gasteiger partial charge < -0.3 is 14.4 Å². The molecule has 2 amide bonds. The summed E-state index contributed by atoms with van der Waals surface area (Å²) in [6.07, 6.45) is 2.70. The summed E-state index contributed by atoms with van der Waals surface area (Å²) in [4.78, 5) is 30.2. The van der Waals surface area contributed by atoms with Crippen molar-refractivity contribution < 1.29 is 19.1 Å². The van der Waals surface area contributed by atoms with Gasteiger partial charge in [0.05, 0.1) is 12.7 Å². The van der Waals surface area contributed by atoms with Crippen LogP contribution in [0.3, 0.4) is 0 Å². The minimum Gasteiger partial charge on any atom is -0.497 e. The molecule has 1 aliphatic heterocycles. The van der Waals surface area contributed by atoms with Crippen LogP contribution in [-0.2, 0) is 14.3 Å². The molecule has 3 rings (SSSR count). The standard InChI is InChI=1S/C26H32N2O4/c1-4-6-18-32-19-10-17-28-25(29)23(20-13-15-22(31-3)16-14-20)24(26(28)30)27(5-2)21-11-8-7-9-12-21/h7-9,11-16H,4-6,10,17-19H2,1-3H3. The van der Waals surface area contributed by atoms with Gasteiger partial charge in [0.25, 0.3) is 11.8 Å². The molecular weight excluding hydrogens is 404 g/mol. The molecular formula is C26H32N2O4. The zero-order valence-electron chi connectivity index (χ0n) is 19.2. The molecule has 32 heavy (non-hydrogen) atoms. The second kappa shape index (κ2) is 11.5. The Morgan fingerprint density at radius 2 is 1.56 bits per heavy atom. The Morgan fingerprint density at radius 3 is 2.19 bits per heavy atom. The number of hydrogen-bond donors (Lipinski definition) is 0. The van der Waals surface area contributed by atoms with Crippen LogP contribution in [0.5, 0.6) is 5.75 Å². The smallest absolute Gasteiger partial charge is 0.278 e. The summed E-state index contributed by atoms with van der Waals surface area (Å²) in [6.45, 7) is 6.22. The first kappa shape index (κ1) is 23.5. The number of ether oxygens (including phenoxy) is 2. The third-order valence-corrected chi connectivity index (χ3v) is 5.49. The van der Waals surface area contributed by atoms with E-state index < -0.39 is 0 Å². The zero-order chi connectivity index (χ0) is 22.9. The Morgan fingerprint density at radius 1 is 0.875 bits per heavy atom. The molecule has 0 atom stereocenters. The van der Waals surface area contributed by atoms with Gasteiger partial charge >= 0.3 is 0 Å².